The molecule has 0 saturated heterocycles. The van der Waals surface area contributed by atoms with Crippen molar-refractivity contribution in [2.45, 2.75) is 40.7 Å². The predicted molar refractivity (Wildman–Crippen MR) is 96.1 cm³/mol. The van der Waals surface area contributed by atoms with Crippen molar-refractivity contribution < 1.29 is 4.74 Å². The van der Waals surface area contributed by atoms with Gasteiger partial charge in [0.15, 0.2) is 0 Å². The Bertz CT molecular complexity index is 692. The van der Waals surface area contributed by atoms with Crippen molar-refractivity contribution in [3.05, 3.63) is 52.7 Å². The van der Waals surface area contributed by atoms with E-state index in [0.29, 0.717) is 11.4 Å². The maximum absolute atomic E-state index is 8.82. The Hall–Kier alpha value is -2.38. The van der Waals surface area contributed by atoms with E-state index >= 15 is 0 Å². The Morgan fingerprint density at radius 1 is 1.21 bits per heavy atom. The summed E-state index contributed by atoms with van der Waals surface area (Å²) in [4.78, 5) is 4.17. The number of hydrogen-bond donors (Lipinski definition) is 1. The van der Waals surface area contributed by atoms with Crippen molar-refractivity contribution >= 4 is 0 Å². The number of aromatic nitrogens is 1. The van der Waals surface area contributed by atoms with E-state index in [0.717, 1.165) is 35.9 Å². The smallest absolute Gasteiger partial charge is 0.219 e. The standard InChI is InChI=1S/C20H25N3O/c1-14(2)7-8-22-12-18-9-15(3)20(16(4)10-18)24-19-6-5-17(11-21)13-23-19/h5-6,9-10,13-14,22H,7-8,12H2,1-4H3. The summed E-state index contributed by atoms with van der Waals surface area (Å²) in [6.07, 6.45) is 2.70. The minimum atomic E-state index is 0.503. The van der Waals surface area contributed by atoms with Crippen LogP contribution in [0.25, 0.3) is 0 Å². The Balaban J connectivity index is 2.04. The molecule has 0 spiro atoms. The Labute approximate surface area is 144 Å². The van der Waals surface area contributed by atoms with Gasteiger partial charge in [-0.1, -0.05) is 26.0 Å². The summed E-state index contributed by atoms with van der Waals surface area (Å²) in [5.41, 5.74) is 3.95. The third-order valence-electron chi connectivity index (χ3n) is 3.82. The van der Waals surface area contributed by atoms with Gasteiger partial charge in [-0.3, -0.25) is 0 Å². The predicted octanol–water partition coefficient (Wildman–Crippen LogP) is 4.50. The molecule has 0 aliphatic heterocycles. The fourth-order valence-electron chi connectivity index (χ4n) is 2.54. The van der Waals surface area contributed by atoms with Crippen LogP contribution in [-0.2, 0) is 6.54 Å². The highest BCUT2D eigenvalue weighted by Crippen LogP contribution is 2.29. The molecule has 0 bridgehead atoms. The van der Waals surface area contributed by atoms with Crippen LogP contribution in [0.1, 0.15) is 42.5 Å². The summed E-state index contributed by atoms with van der Waals surface area (Å²) in [5.74, 6) is 2.05. The fourth-order valence-corrected chi connectivity index (χ4v) is 2.54. The van der Waals surface area contributed by atoms with Crippen molar-refractivity contribution in [3.63, 3.8) is 0 Å². The van der Waals surface area contributed by atoms with Gasteiger partial charge in [-0.15, -0.1) is 0 Å². The molecule has 1 aromatic heterocycles. The largest absolute Gasteiger partial charge is 0.438 e. The molecule has 1 N–H and O–H groups in total. The monoisotopic (exact) mass is 323 g/mol. The van der Waals surface area contributed by atoms with Gasteiger partial charge < -0.3 is 10.1 Å². The molecule has 0 saturated carbocycles. The molecule has 0 atom stereocenters. The zero-order chi connectivity index (χ0) is 17.5. The zero-order valence-corrected chi connectivity index (χ0v) is 14.9. The molecule has 4 nitrogen and oxygen atoms in total. The van der Waals surface area contributed by atoms with Gasteiger partial charge in [-0.05, 0) is 55.5 Å². The van der Waals surface area contributed by atoms with Crippen LogP contribution < -0.4 is 10.1 Å². The number of benzene rings is 1. The number of rotatable bonds is 7. The molecule has 1 aromatic carbocycles. The van der Waals surface area contributed by atoms with Crippen LogP contribution in [0.5, 0.6) is 11.6 Å². The molecule has 24 heavy (non-hydrogen) atoms. The fraction of sp³-hybridized carbons (Fsp3) is 0.400. The van der Waals surface area contributed by atoms with E-state index < -0.39 is 0 Å². The van der Waals surface area contributed by atoms with Crippen LogP contribution in [-0.4, -0.2) is 11.5 Å². The third kappa shape index (κ3) is 5.07. The van der Waals surface area contributed by atoms with Crippen LogP contribution >= 0.6 is 0 Å². The first kappa shape index (κ1) is 18.0. The van der Waals surface area contributed by atoms with Gasteiger partial charge in [0.05, 0.1) is 5.56 Å². The number of nitrogens with zero attached hydrogens (tertiary/aromatic N) is 2. The Morgan fingerprint density at radius 3 is 2.46 bits per heavy atom. The van der Waals surface area contributed by atoms with E-state index in [1.807, 2.05) is 13.8 Å². The van der Waals surface area contributed by atoms with E-state index in [-0.39, 0.29) is 0 Å². The highest BCUT2D eigenvalue weighted by atomic mass is 16.5. The lowest BCUT2D eigenvalue weighted by molar-refractivity contribution is 0.455. The second-order valence-electron chi connectivity index (χ2n) is 6.52. The lowest BCUT2D eigenvalue weighted by atomic mass is 10.1. The zero-order valence-electron chi connectivity index (χ0n) is 14.9. The Kier molecular flexibility index (Phi) is 6.34. The third-order valence-corrected chi connectivity index (χ3v) is 3.82. The van der Waals surface area contributed by atoms with Gasteiger partial charge in [0, 0.05) is 18.8 Å². The molecular formula is C20H25N3O. The van der Waals surface area contributed by atoms with E-state index in [9.17, 15) is 0 Å². The Morgan fingerprint density at radius 2 is 1.92 bits per heavy atom. The molecule has 2 rings (SSSR count). The summed E-state index contributed by atoms with van der Waals surface area (Å²) < 4.78 is 5.91. The average Bonchev–Trinajstić information content (AvgIpc) is 2.55. The van der Waals surface area contributed by atoms with Crippen LogP contribution in [0.3, 0.4) is 0 Å². The van der Waals surface area contributed by atoms with Crippen molar-refractivity contribution in [2.24, 2.45) is 5.92 Å². The minimum Gasteiger partial charge on any atom is -0.438 e. The van der Waals surface area contributed by atoms with Crippen molar-refractivity contribution in [2.75, 3.05) is 6.54 Å². The summed E-state index contributed by atoms with van der Waals surface area (Å²) >= 11 is 0. The van der Waals surface area contributed by atoms with Gasteiger partial charge in [-0.2, -0.15) is 5.26 Å². The first-order valence-electron chi connectivity index (χ1n) is 8.34. The van der Waals surface area contributed by atoms with Gasteiger partial charge >= 0.3 is 0 Å². The van der Waals surface area contributed by atoms with Gasteiger partial charge in [0.25, 0.3) is 0 Å². The van der Waals surface area contributed by atoms with Gasteiger partial charge in [0.2, 0.25) is 5.88 Å². The molecule has 1 heterocycles. The van der Waals surface area contributed by atoms with Crippen molar-refractivity contribution in [3.8, 4) is 17.7 Å². The summed E-state index contributed by atoms with van der Waals surface area (Å²) in [5, 5.41) is 12.3. The molecule has 2 aromatic rings. The average molecular weight is 323 g/mol. The van der Waals surface area contributed by atoms with E-state index in [2.05, 4.69) is 42.4 Å². The van der Waals surface area contributed by atoms with Crippen LogP contribution in [0, 0.1) is 31.1 Å². The van der Waals surface area contributed by atoms with Crippen LogP contribution in [0.2, 0.25) is 0 Å². The summed E-state index contributed by atoms with van der Waals surface area (Å²) in [7, 11) is 0. The maximum Gasteiger partial charge on any atom is 0.219 e. The van der Waals surface area contributed by atoms with Crippen LogP contribution in [0.15, 0.2) is 30.5 Å². The van der Waals surface area contributed by atoms with Crippen LogP contribution in [0.4, 0.5) is 0 Å². The molecule has 0 unspecified atom stereocenters. The van der Waals surface area contributed by atoms with E-state index in [4.69, 9.17) is 10.00 Å². The molecular weight excluding hydrogens is 298 g/mol. The second-order valence-corrected chi connectivity index (χ2v) is 6.52. The number of pyridine rings is 1. The first-order valence-corrected chi connectivity index (χ1v) is 8.34. The number of ether oxygens (including phenoxy) is 1. The molecule has 0 aliphatic carbocycles. The summed E-state index contributed by atoms with van der Waals surface area (Å²) in [6, 6.07) is 9.78. The number of nitriles is 1. The SMILES string of the molecule is Cc1cc(CNCCC(C)C)cc(C)c1Oc1ccc(C#N)cn1. The van der Waals surface area contributed by atoms with Crippen molar-refractivity contribution in [1.82, 2.24) is 10.3 Å². The normalized spacial score (nSPS) is 10.7. The summed E-state index contributed by atoms with van der Waals surface area (Å²) in [6.45, 7) is 10.5. The molecule has 0 aliphatic rings. The second kappa shape index (κ2) is 8.47. The molecule has 126 valence electrons. The van der Waals surface area contributed by atoms with E-state index in [1.54, 1.807) is 12.1 Å². The minimum absolute atomic E-state index is 0.503. The lowest BCUT2D eigenvalue weighted by Gasteiger charge is -2.14. The molecule has 0 radical (unpaired) electrons. The topological polar surface area (TPSA) is 57.9 Å². The highest BCUT2D eigenvalue weighted by Gasteiger charge is 2.09. The maximum atomic E-state index is 8.82. The number of hydrogen-bond acceptors (Lipinski definition) is 4. The lowest BCUT2D eigenvalue weighted by Crippen LogP contribution is -2.16. The van der Waals surface area contributed by atoms with Gasteiger partial charge in [-0.25, -0.2) is 4.98 Å². The molecule has 0 fully saturated rings. The number of nitrogens with one attached hydrogen (secondary N) is 1. The van der Waals surface area contributed by atoms with Gasteiger partial charge in [0.1, 0.15) is 11.8 Å². The quantitative estimate of drug-likeness (QED) is 0.762. The first-order chi connectivity index (χ1) is 11.5. The van der Waals surface area contributed by atoms with Crippen molar-refractivity contribution in [1.29, 1.82) is 5.26 Å². The molecule has 0 amide bonds. The molecule has 4 heteroatoms. The van der Waals surface area contributed by atoms with E-state index in [1.165, 1.54) is 18.2 Å². The number of aryl methyl sites for hydroxylation is 2. The highest BCUT2D eigenvalue weighted by molar-refractivity contribution is 5.45.